The third-order valence-electron chi connectivity index (χ3n) is 4.38. The number of carbonyl (C=O) groups excluding carboxylic acids is 2. The van der Waals surface area contributed by atoms with Crippen molar-refractivity contribution in [2.45, 2.75) is 44.7 Å². The van der Waals surface area contributed by atoms with Crippen LogP contribution in [0.25, 0.3) is 0 Å². The summed E-state index contributed by atoms with van der Waals surface area (Å²) in [5.74, 6) is 0.373. The molecule has 1 unspecified atom stereocenters. The fraction of sp³-hybridized carbons (Fsp3) is 0.600. The molecule has 6 heteroatoms. The van der Waals surface area contributed by atoms with Crippen LogP contribution in [0.15, 0.2) is 15.9 Å². The first-order valence-corrected chi connectivity index (χ1v) is 9.12. The lowest BCUT2D eigenvalue weighted by atomic mass is 9.82. The zero-order valence-corrected chi connectivity index (χ0v) is 14.2. The Morgan fingerprint density at radius 2 is 2.05 bits per heavy atom. The minimum Gasteiger partial charge on any atom is -0.345 e. The van der Waals surface area contributed by atoms with Gasteiger partial charge in [-0.15, -0.1) is 11.3 Å². The fourth-order valence-corrected chi connectivity index (χ4v) is 4.82. The second kappa shape index (κ2) is 6.48. The van der Waals surface area contributed by atoms with Gasteiger partial charge in [-0.05, 0) is 40.8 Å². The van der Waals surface area contributed by atoms with E-state index < -0.39 is 0 Å². The Bertz CT molecular complexity index is 540. The van der Waals surface area contributed by atoms with E-state index in [-0.39, 0.29) is 24.4 Å². The van der Waals surface area contributed by atoms with Gasteiger partial charge in [0.15, 0.2) is 0 Å². The summed E-state index contributed by atoms with van der Waals surface area (Å²) in [7, 11) is 0. The predicted molar refractivity (Wildman–Crippen MR) is 85.9 cm³/mol. The molecule has 21 heavy (non-hydrogen) atoms. The van der Waals surface area contributed by atoms with Gasteiger partial charge in [0, 0.05) is 14.7 Å². The normalized spacial score (nSPS) is 24.2. The first-order valence-electron chi connectivity index (χ1n) is 7.45. The van der Waals surface area contributed by atoms with Gasteiger partial charge in [-0.25, -0.2) is 0 Å². The molecule has 1 atom stereocenters. The summed E-state index contributed by atoms with van der Waals surface area (Å²) in [5, 5.41) is 4.78. The monoisotopic (exact) mass is 370 g/mol. The Morgan fingerprint density at radius 3 is 2.71 bits per heavy atom. The van der Waals surface area contributed by atoms with Crippen molar-refractivity contribution in [1.82, 2.24) is 10.2 Å². The number of rotatable bonds is 3. The summed E-state index contributed by atoms with van der Waals surface area (Å²) < 4.78 is 1.03. The van der Waals surface area contributed by atoms with Crippen LogP contribution in [0.4, 0.5) is 0 Å². The average molecular weight is 371 g/mol. The van der Waals surface area contributed by atoms with Gasteiger partial charge in [-0.3, -0.25) is 9.59 Å². The van der Waals surface area contributed by atoms with E-state index in [1.807, 2.05) is 11.4 Å². The molecule has 1 aromatic heterocycles. The van der Waals surface area contributed by atoms with Crippen molar-refractivity contribution >= 4 is 39.1 Å². The molecule has 1 aliphatic carbocycles. The van der Waals surface area contributed by atoms with E-state index in [9.17, 15) is 9.59 Å². The smallest absolute Gasteiger partial charge is 0.243 e. The van der Waals surface area contributed by atoms with E-state index >= 15 is 0 Å². The van der Waals surface area contributed by atoms with Gasteiger partial charge in [0.25, 0.3) is 0 Å². The molecule has 0 aromatic carbocycles. The summed E-state index contributed by atoms with van der Waals surface area (Å²) in [6.45, 7) is 0.679. The maximum Gasteiger partial charge on any atom is 0.243 e. The first kappa shape index (κ1) is 15.0. The summed E-state index contributed by atoms with van der Waals surface area (Å²) in [6, 6.07) is 1.75. The number of thiophene rings is 1. The number of nitrogens with one attached hydrogen (secondary N) is 1. The molecule has 0 spiro atoms. The van der Waals surface area contributed by atoms with Gasteiger partial charge in [0.2, 0.25) is 11.8 Å². The van der Waals surface area contributed by atoms with Crippen molar-refractivity contribution in [2.75, 3.05) is 6.54 Å². The molecular formula is C15H19BrN2O2S. The highest BCUT2D eigenvalue weighted by Crippen LogP contribution is 2.32. The number of halogens is 1. The average Bonchev–Trinajstić information content (AvgIpc) is 2.89. The third-order valence-corrected chi connectivity index (χ3v) is 6.07. The molecule has 2 fully saturated rings. The van der Waals surface area contributed by atoms with E-state index in [1.165, 1.54) is 19.3 Å². The van der Waals surface area contributed by atoms with Crippen molar-refractivity contribution in [1.29, 1.82) is 0 Å². The lowest BCUT2D eigenvalue weighted by Crippen LogP contribution is -2.60. The predicted octanol–water partition coefficient (Wildman–Crippen LogP) is 2.92. The maximum atomic E-state index is 12.3. The number of carbonyl (C=O) groups is 2. The highest BCUT2D eigenvalue weighted by molar-refractivity contribution is 9.10. The molecule has 1 aliphatic heterocycles. The molecule has 2 amide bonds. The zero-order chi connectivity index (χ0) is 14.8. The molecular weight excluding hydrogens is 352 g/mol. The van der Waals surface area contributed by atoms with E-state index in [2.05, 4.69) is 21.2 Å². The van der Waals surface area contributed by atoms with Gasteiger partial charge < -0.3 is 10.2 Å². The highest BCUT2D eigenvalue weighted by Gasteiger charge is 2.40. The van der Waals surface area contributed by atoms with Crippen molar-refractivity contribution < 1.29 is 9.59 Å². The van der Waals surface area contributed by atoms with Crippen molar-refractivity contribution in [2.24, 2.45) is 5.92 Å². The second-order valence-corrected chi connectivity index (χ2v) is 7.73. The van der Waals surface area contributed by atoms with Crippen LogP contribution in [0.5, 0.6) is 0 Å². The van der Waals surface area contributed by atoms with Gasteiger partial charge in [0.05, 0.1) is 13.1 Å². The molecule has 1 N–H and O–H groups in total. The lowest BCUT2D eigenvalue weighted by Gasteiger charge is -2.40. The minimum absolute atomic E-state index is 0.0251. The van der Waals surface area contributed by atoms with E-state index in [0.717, 1.165) is 22.2 Å². The third kappa shape index (κ3) is 3.31. The fourth-order valence-electron chi connectivity index (χ4n) is 3.38. The number of nitrogens with zero attached hydrogens (tertiary/aromatic N) is 1. The first-order chi connectivity index (χ1) is 10.1. The van der Waals surface area contributed by atoms with Crippen molar-refractivity contribution in [3.8, 4) is 0 Å². The molecule has 4 nitrogen and oxygen atoms in total. The SMILES string of the molecule is O=C1NCC(=O)N(Cc2cc(Br)cs2)C1C1CCCCC1. The van der Waals surface area contributed by atoms with Crippen LogP contribution in [0.2, 0.25) is 0 Å². The summed E-state index contributed by atoms with van der Waals surface area (Å²) in [6.07, 6.45) is 5.69. The molecule has 2 heterocycles. The molecule has 1 aromatic rings. The van der Waals surface area contributed by atoms with Crippen LogP contribution < -0.4 is 5.32 Å². The Morgan fingerprint density at radius 1 is 1.29 bits per heavy atom. The second-order valence-electron chi connectivity index (χ2n) is 5.81. The molecule has 1 saturated heterocycles. The Hall–Kier alpha value is -0.880. The number of amides is 2. The van der Waals surface area contributed by atoms with Crippen LogP contribution >= 0.6 is 27.3 Å². The number of hydrogen-bond acceptors (Lipinski definition) is 3. The van der Waals surface area contributed by atoms with E-state index in [4.69, 9.17) is 0 Å². The van der Waals surface area contributed by atoms with E-state index in [0.29, 0.717) is 12.5 Å². The summed E-state index contributed by atoms with van der Waals surface area (Å²) in [4.78, 5) is 27.6. The molecule has 2 aliphatic rings. The molecule has 0 bridgehead atoms. The van der Waals surface area contributed by atoms with Gasteiger partial charge in [0.1, 0.15) is 6.04 Å². The van der Waals surface area contributed by atoms with Crippen LogP contribution in [0, 0.1) is 5.92 Å². The number of piperazine rings is 1. The van der Waals surface area contributed by atoms with Crippen LogP contribution in [0.3, 0.4) is 0 Å². The highest BCUT2D eigenvalue weighted by atomic mass is 79.9. The number of hydrogen-bond donors (Lipinski definition) is 1. The molecule has 1 saturated carbocycles. The topological polar surface area (TPSA) is 49.4 Å². The molecule has 0 radical (unpaired) electrons. The van der Waals surface area contributed by atoms with Crippen molar-refractivity contribution in [3.63, 3.8) is 0 Å². The van der Waals surface area contributed by atoms with Gasteiger partial charge in [-0.2, -0.15) is 0 Å². The molecule has 114 valence electrons. The van der Waals surface area contributed by atoms with Crippen LogP contribution in [-0.4, -0.2) is 29.3 Å². The Labute approximate surface area is 137 Å². The lowest BCUT2D eigenvalue weighted by molar-refractivity contribution is -0.149. The van der Waals surface area contributed by atoms with Gasteiger partial charge >= 0.3 is 0 Å². The quantitative estimate of drug-likeness (QED) is 0.888. The maximum absolute atomic E-state index is 12.3. The molecule has 3 rings (SSSR count). The van der Waals surface area contributed by atoms with Crippen molar-refractivity contribution in [3.05, 3.63) is 20.8 Å². The Kier molecular flexibility index (Phi) is 4.64. The minimum atomic E-state index is -0.285. The van der Waals surface area contributed by atoms with Crippen LogP contribution in [-0.2, 0) is 16.1 Å². The zero-order valence-electron chi connectivity index (χ0n) is 11.8. The summed E-state index contributed by atoms with van der Waals surface area (Å²) >= 11 is 5.07. The Balaban J connectivity index is 1.81. The van der Waals surface area contributed by atoms with E-state index in [1.54, 1.807) is 16.2 Å². The largest absolute Gasteiger partial charge is 0.345 e. The van der Waals surface area contributed by atoms with Crippen LogP contribution in [0.1, 0.15) is 37.0 Å². The standard InChI is InChI=1S/C15H19BrN2O2S/c16-11-6-12(21-9-11)8-18-13(19)7-17-15(20)14(18)10-4-2-1-3-5-10/h6,9-10,14H,1-5,7-8H2,(H,17,20). The van der Waals surface area contributed by atoms with Gasteiger partial charge in [-0.1, -0.05) is 19.3 Å². The summed E-state index contributed by atoms with van der Waals surface area (Å²) in [5.41, 5.74) is 0.